The monoisotopic (exact) mass is 870 g/mol. The molecule has 24 heteroatoms. The van der Waals surface area contributed by atoms with Crippen molar-refractivity contribution in [2.45, 2.75) is 19.6 Å². The maximum atomic E-state index is 12.4. The molecule has 20 nitrogen and oxygen atoms in total. The fourth-order valence-electron chi connectivity index (χ4n) is 5.73. The summed E-state index contributed by atoms with van der Waals surface area (Å²) >= 11 is 0. The van der Waals surface area contributed by atoms with E-state index < -0.39 is 82.9 Å². The summed E-state index contributed by atoms with van der Waals surface area (Å²) in [4.78, 5) is -3.34. The van der Waals surface area contributed by atoms with Gasteiger partial charge in [0, 0.05) is 22.1 Å². The van der Waals surface area contributed by atoms with Crippen LogP contribution in [0.15, 0.2) is 125 Å². The minimum absolute atomic E-state index is 0.0237. The quantitative estimate of drug-likeness (QED) is 0.0313. The number of nitrogens with two attached hydrogens (primary N) is 2. The van der Waals surface area contributed by atoms with Crippen molar-refractivity contribution in [3.05, 3.63) is 96.1 Å². The smallest absolute Gasteiger partial charge is 0.296 e. The molecule has 6 aromatic rings. The molecule has 58 heavy (non-hydrogen) atoms. The molecule has 0 heterocycles. The molecule has 0 aliphatic rings. The Morgan fingerprint density at radius 3 is 1.12 bits per heavy atom. The molecule has 0 aliphatic heterocycles. The molecule has 10 N–H and O–H groups in total. The van der Waals surface area contributed by atoms with Gasteiger partial charge in [-0.15, -0.1) is 10.2 Å². The van der Waals surface area contributed by atoms with E-state index in [0.717, 1.165) is 60.7 Å². The van der Waals surface area contributed by atoms with Gasteiger partial charge in [-0.1, -0.05) is 48.6 Å². The largest absolute Gasteiger partial charge is 0.505 e. The van der Waals surface area contributed by atoms with E-state index in [0.29, 0.717) is 0 Å². The summed E-state index contributed by atoms with van der Waals surface area (Å²) in [5.74, 6) is -1.55. The van der Waals surface area contributed by atoms with Crippen LogP contribution in [0.3, 0.4) is 0 Å². The van der Waals surface area contributed by atoms with E-state index >= 15 is 0 Å². The molecule has 0 atom stereocenters. The highest BCUT2D eigenvalue weighted by Crippen LogP contribution is 2.45. The van der Waals surface area contributed by atoms with Crippen molar-refractivity contribution in [2.24, 2.45) is 20.5 Å². The average Bonchev–Trinajstić information content (AvgIpc) is 3.11. The number of nitrogen functional groups attached to an aromatic ring is 2. The first-order valence-electron chi connectivity index (χ1n) is 15.7. The number of benzene rings is 6. The molecule has 0 saturated heterocycles. The Kier molecular flexibility index (Phi) is 10.6. The lowest BCUT2D eigenvalue weighted by molar-refractivity contribution is 0.472. The van der Waals surface area contributed by atoms with E-state index in [1.54, 1.807) is 0 Å². The van der Waals surface area contributed by atoms with Crippen LogP contribution in [0.25, 0.3) is 33.7 Å². The van der Waals surface area contributed by atoms with E-state index in [-0.39, 0.29) is 55.4 Å². The normalized spacial score (nSPS) is 13.1. The number of rotatable bonds is 10. The summed E-state index contributed by atoms with van der Waals surface area (Å²) in [6.45, 7) is 0. The summed E-state index contributed by atoms with van der Waals surface area (Å²) in [7, 11) is -20.1. The highest BCUT2D eigenvalue weighted by atomic mass is 32.2. The molecule has 0 fully saturated rings. The van der Waals surface area contributed by atoms with Gasteiger partial charge in [-0.25, -0.2) is 0 Å². The summed E-state index contributed by atoms with van der Waals surface area (Å²) in [5.41, 5.74) is 9.23. The molecule has 6 rings (SSSR count). The first-order chi connectivity index (χ1) is 26.9. The van der Waals surface area contributed by atoms with Crippen LogP contribution in [-0.4, -0.2) is 62.1 Å². The summed E-state index contributed by atoms with van der Waals surface area (Å²) in [6, 6.07) is 16.6. The van der Waals surface area contributed by atoms with Gasteiger partial charge in [-0.05, 0) is 70.4 Å². The first kappa shape index (κ1) is 41.3. The molecule has 0 saturated carbocycles. The molecule has 0 aliphatic carbocycles. The molecule has 0 bridgehead atoms. The van der Waals surface area contributed by atoms with E-state index in [2.05, 4.69) is 20.5 Å². The number of hydrogen-bond donors (Lipinski definition) is 8. The van der Waals surface area contributed by atoms with Gasteiger partial charge >= 0.3 is 0 Å². The molecule has 6 aromatic carbocycles. The zero-order valence-electron chi connectivity index (χ0n) is 28.8. The third-order valence-corrected chi connectivity index (χ3v) is 11.9. The lowest BCUT2D eigenvalue weighted by Crippen LogP contribution is -2.01. The Morgan fingerprint density at radius 2 is 0.793 bits per heavy atom. The SMILES string of the molecule is Nc1cccc2cc(S(=O)(=O)O)c(N=Nc3ccc(/C=C/c4ccc(N=Nc5c(S(=O)(=O)O)cc6cccc(N)c6c5O)cc4S(=O)(=O)O)c(S(=O)(=O)O)c3)c(O)c12. The van der Waals surface area contributed by atoms with Crippen molar-refractivity contribution < 1.29 is 62.1 Å². The van der Waals surface area contributed by atoms with Crippen LogP contribution < -0.4 is 11.5 Å². The molecule has 0 unspecified atom stereocenters. The summed E-state index contributed by atoms with van der Waals surface area (Å²) in [5, 5.41) is 36.9. The Balaban J connectivity index is 1.38. The number of anilines is 2. The predicted molar refractivity (Wildman–Crippen MR) is 209 cm³/mol. The fourth-order valence-corrected chi connectivity index (χ4v) is 8.45. The molecule has 300 valence electrons. The van der Waals surface area contributed by atoms with Gasteiger partial charge in [0.2, 0.25) is 0 Å². The minimum atomic E-state index is -5.07. The van der Waals surface area contributed by atoms with E-state index in [4.69, 9.17) is 11.5 Å². The van der Waals surface area contributed by atoms with Crippen molar-refractivity contribution in [2.75, 3.05) is 11.5 Å². The molecular formula is C34H26N6O14S4. The van der Waals surface area contributed by atoms with Crippen LogP contribution in [0, 0.1) is 0 Å². The van der Waals surface area contributed by atoms with Gasteiger partial charge < -0.3 is 21.7 Å². The van der Waals surface area contributed by atoms with E-state index in [1.807, 2.05) is 0 Å². The van der Waals surface area contributed by atoms with Gasteiger partial charge in [-0.2, -0.15) is 43.9 Å². The Bertz CT molecular complexity index is 3060. The van der Waals surface area contributed by atoms with Crippen molar-refractivity contribution >= 4 is 108 Å². The zero-order valence-corrected chi connectivity index (χ0v) is 32.0. The Labute approximate surface area is 328 Å². The van der Waals surface area contributed by atoms with Gasteiger partial charge in [0.15, 0.2) is 11.5 Å². The van der Waals surface area contributed by atoms with Crippen molar-refractivity contribution in [3.63, 3.8) is 0 Å². The Hall–Kier alpha value is -6.38. The van der Waals surface area contributed by atoms with Crippen LogP contribution in [-0.2, 0) is 40.5 Å². The fraction of sp³-hybridized carbons (Fsp3) is 0. The van der Waals surface area contributed by atoms with Crippen LogP contribution in [0.2, 0.25) is 0 Å². The number of fused-ring (bicyclic) bond motifs is 2. The topological polar surface area (TPSA) is 359 Å². The standard InChI is InChI=1S/C34H26N6O14S4/c35-23-5-1-3-19-13-27(57(49,50)51)31(33(41)29(19)23)39-37-21-11-9-17(25(15-21)55(43,44)45)7-8-18-10-12-22(16-26(18)56(46,47)48)38-40-32-28(58(52,53)54)14-20-4-2-6-24(36)30(20)34(32)42/h1-16,41-42H,35-36H2,(H,43,44,45)(H,46,47,48)(H,49,50,51)(H,52,53,54)/b8-7+,39-37?,40-38?. The number of phenols is 2. The van der Waals surface area contributed by atoms with Crippen LogP contribution in [0.4, 0.5) is 34.1 Å². The number of azo groups is 2. The van der Waals surface area contributed by atoms with Gasteiger partial charge in [0.05, 0.1) is 11.4 Å². The van der Waals surface area contributed by atoms with Crippen molar-refractivity contribution in [3.8, 4) is 11.5 Å². The molecule has 0 spiro atoms. The summed E-state index contributed by atoms with van der Waals surface area (Å²) < 4.78 is 138. The third-order valence-electron chi connectivity index (χ3n) is 8.30. The predicted octanol–water partition coefficient (Wildman–Crippen LogP) is 6.56. The first-order valence-corrected chi connectivity index (χ1v) is 21.5. The van der Waals surface area contributed by atoms with Crippen LogP contribution >= 0.6 is 0 Å². The number of phenolic OH excluding ortho intramolecular Hbond substituents is 2. The number of aromatic hydroxyl groups is 2. The second-order valence-electron chi connectivity index (χ2n) is 12.1. The van der Waals surface area contributed by atoms with Crippen molar-refractivity contribution in [1.82, 2.24) is 0 Å². The highest BCUT2D eigenvalue weighted by Gasteiger charge is 2.25. The maximum absolute atomic E-state index is 12.4. The zero-order chi connectivity index (χ0) is 42.5. The minimum Gasteiger partial charge on any atom is -0.505 e. The third kappa shape index (κ3) is 8.34. The van der Waals surface area contributed by atoms with E-state index in [9.17, 15) is 62.1 Å². The highest BCUT2D eigenvalue weighted by molar-refractivity contribution is 7.86. The Morgan fingerprint density at radius 1 is 0.448 bits per heavy atom. The van der Waals surface area contributed by atoms with Crippen LogP contribution in [0.5, 0.6) is 11.5 Å². The second kappa shape index (κ2) is 14.8. The van der Waals surface area contributed by atoms with Gasteiger partial charge in [0.1, 0.15) is 31.0 Å². The summed E-state index contributed by atoms with van der Waals surface area (Å²) in [6.07, 6.45) is 2.05. The lowest BCUT2D eigenvalue weighted by atomic mass is 10.1. The average molecular weight is 871 g/mol. The molecule has 0 aromatic heterocycles. The molecule has 0 radical (unpaired) electrons. The molecule has 0 amide bonds. The number of hydrogen-bond acceptors (Lipinski definition) is 16. The van der Waals surface area contributed by atoms with Crippen molar-refractivity contribution in [1.29, 1.82) is 0 Å². The maximum Gasteiger partial charge on any atom is 0.296 e. The van der Waals surface area contributed by atoms with Crippen LogP contribution in [0.1, 0.15) is 11.1 Å². The number of nitrogens with zero attached hydrogens (tertiary/aromatic N) is 4. The molecular weight excluding hydrogens is 845 g/mol. The van der Waals surface area contributed by atoms with Gasteiger partial charge in [0.25, 0.3) is 40.5 Å². The second-order valence-corrected chi connectivity index (χ2v) is 17.7. The van der Waals surface area contributed by atoms with E-state index in [1.165, 1.54) is 36.4 Å². The van der Waals surface area contributed by atoms with Gasteiger partial charge in [-0.3, -0.25) is 18.2 Å². The lowest BCUT2D eigenvalue weighted by Gasteiger charge is -2.10.